The Morgan fingerprint density at radius 2 is 1.63 bits per heavy atom. The van der Waals surface area contributed by atoms with Crippen molar-refractivity contribution in [1.82, 2.24) is 14.7 Å². The number of rotatable bonds is 7. The molecule has 1 unspecified atom stereocenters. The molecule has 27 heavy (non-hydrogen) atoms. The van der Waals surface area contributed by atoms with Crippen LogP contribution in [0, 0.1) is 0 Å². The molecule has 1 aromatic carbocycles. The number of nitrogens with one attached hydrogen (secondary N) is 2. The van der Waals surface area contributed by atoms with Crippen molar-refractivity contribution in [3.05, 3.63) is 30.3 Å². The van der Waals surface area contributed by atoms with Crippen LogP contribution >= 0.6 is 11.8 Å². The van der Waals surface area contributed by atoms with Crippen molar-refractivity contribution in [2.24, 2.45) is 0 Å². The van der Waals surface area contributed by atoms with Gasteiger partial charge in [-0.3, -0.25) is 4.79 Å². The summed E-state index contributed by atoms with van der Waals surface area (Å²) >= 11 is 1.11. The number of nitrogens with two attached hydrogens (primary N) is 2. The van der Waals surface area contributed by atoms with Gasteiger partial charge in [0.1, 0.15) is 11.6 Å². The Balaban J connectivity index is 2.02. The number of benzene rings is 1. The second-order valence-corrected chi connectivity index (χ2v) is 9.07. The molecule has 0 aliphatic rings. The van der Waals surface area contributed by atoms with Gasteiger partial charge in [0, 0.05) is 17.8 Å². The van der Waals surface area contributed by atoms with E-state index >= 15 is 0 Å². The molecule has 0 bridgehead atoms. The van der Waals surface area contributed by atoms with Gasteiger partial charge in [0.25, 0.3) is 0 Å². The van der Waals surface area contributed by atoms with Crippen LogP contribution in [-0.4, -0.2) is 35.6 Å². The Labute approximate surface area is 162 Å². The molecule has 146 valence electrons. The molecule has 0 fully saturated rings. The minimum Gasteiger partial charge on any atom is -0.383 e. The van der Waals surface area contributed by atoms with E-state index in [4.69, 9.17) is 11.5 Å². The van der Waals surface area contributed by atoms with Crippen molar-refractivity contribution in [3.8, 4) is 0 Å². The number of aromatic nitrogens is 2. The standard InChI is InChI=1S/C16H22N6O3S2/c1-9(2)22-27(24,25)12-6-4-11(5-7-12)19-15(23)10(3)26-16-20-13(17)8-14(18)21-16/h4-10,22H,1-3H3,(H,19,23)(H4,17,18,20,21). The lowest BCUT2D eigenvalue weighted by molar-refractivity contribution is -0.115. The summed E-state index contributed by atoms with van der Waals surface area (Å²) in [5.41, 5.74) is 11.7. The minimum absolute atomic E-state index is 0.125. The minimum atomic E-state index is -3.58. The molecule has 0 aliphatic carbocycles. The van der Waals surface area contributed by atoms with Crippen LogP contribution in [0.3, 0.4) is 0 Å². The molecule has 0 saturated heterocycles. The number of sulfonamides is 1. The van der Waals surface area contributed by atoms with Crippen LogP contribution in [0.5, 0.6) is 0 Å². The van der Waals surface area contributed by atoms with Crippen LogP contribution in [0.15, 0.2) is 40.4 Å². The predicted molar refractivity (Wildman–Crippen MR) is 107 cm³/mol. The third-order valence-corrected chi connectivity index (χ3v) is 5.86. The zero-order chi connectivity index (χ0) is 20.2. The number of thioether (sulfide) groups is 1. The molecular formula is C16H22N6O3S2. The van der Waals surface area contributed by atoms with E-state index in [-0.39, 0.29) is 28.5 Å². The van der Waals surface area contributed by atoms with E-state index in [1.54, 1.807) is 20.8 Å². The van der Waals surface area contributed by atoms with Crippen LogP contribution in [-0.2, 0) is 14.8 Å². The second-order valence-electron chi connectivity index (χ2n) is 6.05. The van der Waals surface area contributed by atoms with Gasteiger partial charge in [-0.25, -0.2) is 23.1 Å². The van der Waals surface area contributed by atoms with Gasteiger partial charge in [0.2, 0.25) is 15.9 Å². The average Bonchev–Trinajstić information content (AvgIpc) is 2.53. The van der Waals surface area contributed by atoms with Gasteiger partial charge in [-0.2, -0.15) is 0 Å². The molecule has 0 radical (unpaired) electrons. The molecule has 1 atom stereocenters. The maximum Gasteiger partial charge on any atom is 0.240 e. The maximum absolute atomic E-state index is 12.3. The summed E-state index contributed by atoms with van der Waals surface area (Å²) in [7, 11) is -3.58. The van der Waals surface area contributed by atoms with Crippen molar-refractivity contribution < 1.29 is 13.2 Å². The van der Waals surface area contributed by atoms with Crippen molar-refractivity contribution in [3.63, 3.8) is 0 Å². The van der Waals surface area contributed by atoms with Gasteiger partial charge in [-0.15, -0.1) is 0 Å². The first-order chi connectivity index (χ1) is 12.6. The number of nitrogens with zero attached hydrogens (tertiary/aromatic N) is 2. The normalized spacial score (nSPS) is 12.7. The lowest BCUT2D eigenvalue weighted by atomic mass is 10.3. The monoisotopic (exact) mass is 410 g/mol. The summed E-state index contributed by atoms with van der Waals surface area (Å²) in [6, 6.07) is 7.13. The van der Waals surface area contributed by atoms with E-state index < -0.39 is 15.3 Å². The molecule has 6 N–H and O–H groups in total. The zero-order valence-electron chi connectivity index (χ0n) is 15.1. The summed E-state index contributed by atoms with van der Waals surface area (Å²) in [6.07, 6.45) is 0. The van der Waals surface area contributed by atoms with Crippen LogP contribution < -0.4 is 21.5 Å². The molecule has 2 rings (SSSR count). The van der Waals surface area contributed by atoms with Crippen molar-refractivity contribution >= 4 is 45.0 Å². The average molecular weight is 411 g/mol. The first kappa shape index (κ1) is 20.9. The maximum atomic E-state index is 12.3. The van der Waals surface area contributed by atoms with E-state index in [2.05, 4.69) is 20.0 Å². The number of hydrogen-bond acceptors (Lipinski definition) is 8. The first-order valence-electron chi connectivity index (χ1n) is 8.07. The fourth-order valence-electron chi connectivity index (χ4n) is 2.07. The van der Waals surface area contributed by atoms with Crippen LogP contribution in [0.4, 0.5) is 17.3 Å². The molecule has 1 aromatic heterocycles. The van der Waals surface area contributed by atoms with Crippen LogP contribution in [0.1, 0.15) is 20.8 Å². The molecule has 1 heterocycles. The first-order valence-corrected chi connectivity index (χ1v) is 10.4. The van der Waals surface area contributed by atoms with Gasteiger partial charge in [-0.1, -0.05) is 11.8 Å². The smallest absolute Gasteiger partial charge is 0.240 e. The topological polar surface area (TPSA) is 153 Å². The number of amides is 1. The number of nitrogen functional groups attached to an aromatic ring is 2. The Hall–Kier alpha value is -2.37. The number of hydrogen-bond donors (Lipinski definition) is 4. The van der Waals surface area contributed by atoms with E-state index in [0.717, 1.165) is 11.8 Å². The van der Waals surface area contributed by atoms with Gasteiger partial charge in [0.15, 0.2) is 5.16 Å². The third kappa shape index (κ3) is 6.08. The largest absolute Gasteiger partial charge is 0.383 e. The van der Waals surface area contributed by atoms with E-state index in [0.29, 0.717) is 10.8 Å². The summed E-state index contributed by atoms with van der Waals surface area (Å²) < 4.78 is 26.7. The molecule has 1 amide bonds. The van der Waals surface area contributed by atoms with Crippen LogP contribution in [0.25, 0.3) is 0 Å². The lowest BCUT2D eigenvalue weighted by Gasteiger charge is -2.13. The molecule has 0 aliphatic heterocycles. The second kappa shape index (κ2) is 8.55. The van der Waals surface area contributed by atoms with Gasteiger partial charge in [-0.05, 0) is 45.0 Å². The van der Waals surface area contributed by atoms with E-state index in [1.807, 2.05) is 0 Å². The summed E-state index contributed by atoms with van der Waals surface area (Å²) in [5, 5.41) is 2.50. The molecule has 0 saturated carbocycles. The highest BCUT2D eigenvalue weighted by Crippen LogP contribution is 2.23. The van der Waals surface area contributed by atoms with Crippen molar-refractivity contribution in [1.29, 1.82) is 0 Å². The summed E-state index contributed by atoms with van der Waals surface area (Å²) in [6.45, 7) is 5.17. The Kier molecular flexibility index (Phi) is 6.63. The Morgan fingerprint density at radius 3 is 2.15 bits per heavy atom. The zero-order valence-corrected chi connectivity index (χ0v) is 16.8. The molecule has 11 heteroatoms. The van der Waals surface area contributed by atoms with E-state index in [1.165, 1.54) is 30.3 Å². The van der Waals surface area contributed by atoms with Gasteiger partial charge >= 0.3 is 0 Å². The molecule has 9 nitrogen and oxygen atoms in total. The highest BCUT2D eigenvalue weighted by Gasteiger charge is 2.18. The third-order valence-electron chi connectivity index (χ3n) is 3.22. The highest BCUT2D eigenvalue weighted by atomic mass is 32.2. The summed E-state index contributed by atoms with van der Waals surface area (Å²) in [5.74, 6) is 0.161. The number of carbonyl (C=O) groups is 1. The molecule has 2 aromatic rings. The quantitative estimate of drug-likeness (QED) is 0.395. The van der Waals surface area contributed by atoms with Crippen LogP contribution in [0.2, 0.25) is 0 Å². The van der Waals surface area contributed by atoms with Gasteiger partial charge in [0.05, 0.1) is 10.1 Å². The fraction of sp³-hybridized carbons (Fsp3) is 0.312. The molecular weight excluding hydrogens is 388 g/mol. The van der Waals surface area contributed by atoms with Gasteiger partial charge < -0.3 is 16.8 Å². The Morgan fingerprint density at radius 1 is 1.07 bits per heavy atom. The molecule has 0 spiro atoms. The van der Waals surface area contributed by atoms with Crippen molar-refractivity contribution in [2.45, 2.75) is 42.1 Å². The number of carbonyl (C=O) groups excluding carboxylic acids is 1. The van der Waals surface area contributed by atoms with E-state index in [9.17, 15) is 13.2 Å². The SMILES string of the molecule is CC(C)NS(=O)(=O)c1ccc(NC(=O)C(C)Sc2nc(N)cc(N)n2)cc1. The summed E-state index contributed by atoms with van der Waals surface area (Å²) in [4.78, 5) is 20.5. The predicted octanol–water partition coefficient (Wildman–Crippen LogP) is 1.45. The fourth-order valence-corrected chi connectivity index (χ4v) is 4.12. The highest BCUT2D eigenvalue weighted by molar-refractivity contribution is 8.00. The van der Waals surface area contributed by atoms with Crippen molar-refractivity contribution in [2.75, 3.05) is 16.8 Å². The Bertz CT molecular complexity index is 896. The lowest BCUT2D eigenvalue weighted by Crippen LogP contribution is -2.30. The number of anilines is 3.